The van der Waals surface area contributed by atoms with Gasteiger partial charge in [-0.3, -0.25) is 0 Å². The van der Waals surface area contributed by atoms with Crippen LogP contribution in [0.15, 0.2) is 30.4 Å². The molecule has 0 amide bonds. The van der Waals surface area contributed by atoms with Crippen LogP contribution in [0, 0.1) is 18.3 Å². The second-order valence-corrected chi connectivity index (χ2v) is 8.15. The Hall–Kier alpha value is -2.88. The van der Waals surface area contributed by atoms with Gasteiger partial charge < -0.3 is 14.6 Å². The summed E-state index contributed by atoms with van der Waals surface area (Å²) in [6.07, 6.45) is 4.63. The molecule has 2 aliphatic rings. The molecule has 1 fully saturated rings. The molecular formula is C23H24F3N3O. The summed E-state index contributed by atoms with van der Waals surface area (Å²) >= 11 is 0. The molecule has 4 nitrogen and oxygen atoms in total. The van der Waals surface area contributed by atoms with Gasteiger partial charge in [-0.25, -0.2) is 0 Å². The van der Waals surface area contributed by atoms with Gasteiger partial charge in [0.15, 0.2) is 0 Å². The van der Waals surface area contributed by atoms with Gasteiger partial charge in [-0.15, -0.1) is 0 Å². The molecule has 0 spiro atoms. The fraction of sp³-hybridized carbons (Fsp3) is 0.435. The van der Waals surface area contributed by atoms with Crippen molar-refractivity contribution in [3.63, 3.8) is 0 Å². The number of nitrogens with zero attached hydrogens (tertiary/aromatic N) is 3. The van der Waals surface area contributed by atoms with Crippen molar-refractivity contribution in [3.05, 3.63) is 47.2 Å². The molecule has 2 heterocycles. The van der Waals surface area contributed by atoms with E-state index in [1.807, 2.05) is 6.07 Å². The lowest BCUT2D eigenvalue weighted by Gasteiger charge is -2.36. The molecule has 0 saturated heterocycles. The molecule has 1 aromatic carbocycles. The largest absolute Gasteiger partial charge is 0.508 e. The Kier molecular flexibility index (Phi) is 5.05. The third kappa shape index (κ3) is 3.24. The first kappa shape index (κ1) is 20.4. The van der Waals surface area contributed by atoms with Gasteiger partial charge in [0.25, 0.3) is 0 Å². The molecule has 1 aromatic heterocycles. The highest BCUT2D eigenvalue weighted by Crippen LogP contribution is 2.43. The third-order valence-electron chi connectivity index (χ3n) is 6.31. The summed E-state index contributed by atoms with van der Waals surface area (Å²) in [4.78, 5) is 1.31. The molecule has 1 N–H and O–H groups in total. The minimum Gasteiger partial charge on any atom is -0.508 e. The van der Waals surface area contributed by atoms with Crippen LogP contribution in [-0.2, 0) is 0 Å². The Morgan fingerprint density at radius 2 is 1.93 bits per heavy atom. The highest BCUT2D eigenvalue weighted by molar-refractivity contribution is 5.94. The van der Waals surface area contributed by atoms with Crippen LogP contribution in [-0.4, -0.2) is 33.3 Å². The zero-order valence-electron chi connectivity index (χ0n) is 17.0. The summed E-state index contributed by atoms with van der Waals surface area (Å²) in [5, 5.41) is 20.9. The van der Waals surface area contributed by atoms with E-state index < -0.39 is 12.2 Å². The first-order chi connectivity index (χ1) is 14.2. The van der Waals surface area contributed by atoms with E-state index >= 15 is 0 Å². The number of nitriles is 1. The van der Waals surface area contributed by atoms with Gasteiger partial charge in [0.1, 0.15) is 17.9 Å². The molecule has 0 radical (unpaired) electrons. The number of hydrogen-bond donors (Lipinski definition) is 1. The number of halogens is 3. The number of fused-ring (bicyclic) bond motifs is 1. The van der Waals surface area contributed by atoms with Gasteiger partial charge in [-0.1, -0.05) is 25.0 Å². The van der Waals surface area contributed by atoms with Crippen LogP contribution in [0.3, 0.4) is 0 Å². The van der Waals surface area contributed by atoms with Crippen LogP contribution in [0.2, 0.25) is 0 Å². The van der Waals surface area contributed by atoms with Crippen LogP contribution in [0.4, 0.5) is 13.2 Å². The molecule has 1 atom stereocenters. The molecule has 1 saturated carbocycles. The molecule has 2 aromatic rings. The number of rotatable bonds is 3. The summed E-state index contributed by atoms with van der Waals surface area (Å²) in [6, 6.07) is 4.05. The topological polar surface area (TPSA) is 52.2 Å². The summed E-state index contributed by atoms with van der Waals surface area (Å²) in [5.74, 6) is 0.0761. The minimum absolute atomic E-state index is 0.0761. The van der Waals surface area contributed by atoms with Crippen molar-refractivity contribution in [3.8, 4) is 11.8 Å². The molecule has 0 bridgehead atoms. The number of aromatic hydroxyl groups is 1. The standard InChI is InChI=1S/C23H24F3N3O/c1-14-11-20-17(12-21(14)30)18(13-27)22(29(20)16-7-3-4-8-16)19-9-5-6-10-28(19)15(2)23(24,25)26/h5-6,9,11-12,15-16,30H,3-4,7-8,10H2,1-2H3/t15-/m0/s1. The monoisotopic (exact) mass is 415 g/mol. The van der Waals surface area contributed by atoms with Crippen molar-refractivity contribution in [2.24, 2.45) is 0 Å². The van der Waals surface area contributed by atoms with Gasteiger partial charge >= 0.3 is 6.18 Å². The smallest absolute Gasteiger partial charge is 0.408 e. The second kappa shape index (κ2) is 7.42. The van der Waals surface area contributed by atoms with Crippen molar-refractivity contribution >= 4 is 16.6 Å². The highest BCUT2D eigenvalue weighted by Gasteiger charge is 2.42. The Labute approximate surface area is 173 Å². The first-order valence-corrected chi connectivity index (χ1v) is 10.2. The van der Waals surface area contributed by atoms with Crippen LogP contribution in [0.1, 0.15) is 55.5 Å². The Balaban J connectivity index is 2.01. The van der Waals surface area contributed by atoms with Gasteiger partial charge in [0, 0.05) is 18.0 Å². The van der Waals surface area contributed by atoms with Crippen LogP contribution in [0.5, 0.6) is 5.75 Å². The van der Waals surface area contributed by atoms with E-state index in [0.717, 1.165) is 38.1 Å². The molecule has 7 heteroatoms. The minimum atomic E-state index is -4.39. The molecule has 0 unspecified atom stereocenters. The molecule has 30 heavy (non-hydrogen) atoms. The summed E-state index contributed by atoms with van der Waals surface area (Å²) in [7, 11) is 0. The average Bonchev–Trinajstić information content (AvgIpc) is 3.33. The van der Waals surface area contributed by atoms with E-state index in [9.17, 15) is 23.5 Å². The van der Waals surface area contributed by atoms with Crippen LogP contribution >= 0.6 is 0 Å². The van der Waals surface area contributed by atoms with Gasteiger partial charge in [0.2, 0.25) is 0 Å². The summed E-state index contributed by atoms with van der Waals surface area (Å²) in [6.45, 7) is 3.05. The van der Waals surface area contributed by atoms with Gasteiger partial charge in [0.05, 0.1) is 22.5 Å². The summed E-state index contributed by atoms with van der Waals surface area (Å²) in [5.41, 5.74) is 2.70. The maximum Gasteiger partial charge on any atom is 0.408 e. The highest BCUT2D eigenvalue weighted by atomic mass is 19.4. The van der Waals surface area contributed by atoms with Crippen molar-refractivity contribution in [1.82, 2.24) is 9.47 Å². The zero-order chi connectivity index (χ0) is 21.6. The molecular weight excluding hydrogens is 391 g/mol. The van der Waals surface area contributed by atoms with Gasteiger partial charge in [-0.2, -0.15) is 18.4 Å². The van der Waals surface area contributed by atoms with E-state index in [2.05, 4.69) is 10.6 Å². The predicted molar refractivity (Wildman–Crippen MR) is 110 cm³/mol. The molecule has 4 rings (SSSR count). The quantitative estimate of drug-likeness (QED) is 0.689. The van der Waals surface area contributed by atoms with E-state index in [4.69, 9.17) is 0 Å². The predicted octanol–water partition coefficient (Wildman–Crippen LogP) is 5.81. The molecule has 1 aliphatic heterocycles. The number of alkyl halides is 3. The van der Waals surface area contributed by atoms with E-state index in [1.54, 1.807) is 31.2 Å². The van der Waals surface area contributed by atoms with Crippen LogP contribution in [0.25, 0.3) is 16.6 Å². The Morgan fingerprint density at radius 3 is 2.57 bits per heavy atom. The lowest BCUT2D eigenvalue weighted by molar-refractivity contribution is -0.169. The number of aryl methyl sites for hydroxylation is 1. The van der Waals surface area contributed by atoms with Gasteiger partial charge in [-0.05, 0) is 50.5 Å². The van der Waals surface area contributed by atoms with E-state index in [0.29, 0.717) is 27.9 Å². The van der Waals surface area contributed by atoms with Crippen LogP contribution < -0.4 is 0 Å². The SMILES string of the molecule is Cc1cc2c(cc1O)c(C#N)c(C1=CC=CCN1[C@@H](C)C(F)(F)F)n2C1CCCC1. The lowest BCUT2D eigenvalue weighted by Crippen LogP contribution is -2.43. The number of benzene rings is 1. The van der Waals surface area contributed by atoms with Crippen molar-refractivity contribution < 1.29 is 18.3 Å². The number of aromatic nitrogens is 1. The number of hydrogen-bond acceptors (Lipinski definition) is 3. The number of phenolic OH excluding ortho intramolecular Hbond substituents is 1. The van der Waals surface area contributed by atoms with Crippen molar-refractivity contribution in [2.75, 3.05) is 6.54 Å². The molecule has 158 valence electrons. The Morgan fingerprint density at radius 1 is 1.23 bits per heavy atom. The number of phenols is 1. The van der Waals surface area contributed by atoms with Crippen molar-refractivity contribution in [1.29, 1.82) is 5.26 Å². The maximum atomic E-state index is 13.6. The third-order valence-corrected chi connectivity index (χ3v) is 6.31. The normalized spacial score (nSPS) is 18.7. The first-order valence-electron chi connectivity index (χ1n) is 10.2. The maximum absolute atomic E-state index is 13.6. The fourth-order valence-electron chi connectivity index (χ4n) is 4.64. The second-order valence-electron chi connectivity index (χ2n) is 8.15. The zero-order valence-corrected chi connectivity index (χ0v) is 17.0. The van der Waals surface area contributed by atoms with E-state index in [-0.39, 0.29) is 18.3 Å². The fourth-order valence-corrected chi connectivity index (χ4v) is 4.64. The Bertz CT molecular complexity index is 1080. The lowest BCUT2D eigenvalue weighted by atomic mass is 10.0. The number of allylic oxidation sites excluding steroid dienone is 2. The average molecular weight is 415 g/mol. The summed E-state index contributed by atoms with van der Waals surface area (Å²) < 4.78 is 42.9. The van der Waals surface area contributed by atoms with Crippen molar-refractivity contribution in [2.45, 2.75) is 57.8 Å². The molecule has 1 aliphatic carbocycles. The van der Waals surface area contributed by atoms with E-state index in [1.165, 1.54) is 4.90 Å².